The molecule has 1 radical (unpaired) electrons. The first-order valence-corrected chi connectivity index (χ1v) is 4.94. The Balaban J connectivity index is 2.96. The van der Waals surface area contributed by atoms with Gasteiger partial charge in [0.25, 0.3) is 0 Å². The first kappa shape index (κ1) is 10.1. The minimum absolute atomic E-state index is 0.00213. The zero-order valence-electron chi connectivity index (χ0n) is 6.71. The van der Waals surface area contributed by atoms with Gasteiger partial charge in [0.05, 0.1) is 0 Å². The zero-order valence-corrected chi connectivity index (χ0v) is 7.53. The first-order chi connectivity index (χ1) is 6.02. The smallest absolute Gasteiger partial charge is 0.244 e. The molecule has 6 heteroatoms. The van der Waals surface area contributed by atoms with Crippen LogP contribution < -0.4 is 4.72 Å². The predicted molar refractivity (Wildman–Crippen MR) is 45.9 cm³/mol. The van der Waals surface area contributed by atoms with E-state index >= 15 is 0 Å². The molecule has 1 aromatic heterocycles. The number of hydrogen-bond acceptors (Lipinski definition) is 4. The molecule has 0 aliphatic carbocycles. The van der Waals surface area contributed by atoms with Gasteiger partial charge in [0.1, 0.15) is 11.1 Å². The Bertz CT molecular complexity index is 361. The molecule has 1 atom stereocenters. The van der Waals surface area contributed by atoms with Crippen molar-refractivity contribution in [2.45, 2.75) is 11.1 Å². The fourth-order valence-corrected chi connectivity index (χ4v) is 1.70. The van der Waals surface area contributed by atoms with Gasteiger partial charge in [-0.2, -0.15) is 4.72 Å². The lowest BCUT2D eigenvalue weighted by atomic mass is 10.5. The molecule has 1 unspecified atom stereocenters. The summed E-state index contributed by atoms with van der Waals surface area (Å²) in [5, 5.41) is 8.73. The van der Waals surface area contributed by atoms with Gasteiger partial charge < -0.3 is 5.11 Å². The Labute approximate surface area is 76.5 Å². The lowest BCUT2D eigenvalue weighted by molar-refractivity contribution is 0.209. The zero-order chi connectivity index (χ0) is 9.90. The van der Waals surface area contributed by atoms with E-state index in [0.29, 0.717) is 0 Å². The lowest BCUT2D eigenvalue weighted by Gasteiger charge is -2.07. The van der Waals surface area contributed by atoms with E-state index in [1.165, 1.54) is 24.5 Å². The normalized spacial score (nSPS) is 14.0. The summed E-state index contributed by atoms with van der Waals surface area (Å²) in [5.41, 5.74) is 0. The van der Waals surface area contributed by atoms with E-state index in [0.717, 1.165) is 0 Å². The van der Waals surface area contributed by atoms with Gasteiger partial charge in [-0.05, 0) is 19.1 Å². The van der Waals surface area contributed by atoms with Gasteiger partial charge in [-0.15, -0.1) is 0 Å². The number of aliphatic hydroxyl groups excluding tert-OH is 1. The average Bonchev–Trinajstić information content (AvgIpc) is 2.04. The molecular weight excluding hydrogens is 192 g/mol. The molecule has 1 heterocycles. The monoisotopic (exact) mass is 201 g/mol. The second-order valence-electron chi connectivity index (χ2n) is 2.33. The Morgan fingerprint density at radius 3 is 2.77 bits per heavy atom. The summed E-state index contributed by atoms with van der Waals surface area (Å²) in [6.07, 6.45) is 1.29. The van der Waals surface area contributed by atoms with Gasteiger partial charge in [-0.1, -0.05) is 0 Å². The van der Waals surface area contributed by atoms with Crippen molar-refractivity contribution in [3.8, 4) is 0 Å². The number of sulfonamides is 1. The third kappa shape index (κ3) is 2.76. The summed E-state index contributed by atoms with van der Waals surface area (Å²) in [4.78, 5) is 3.63. The minimum atomic E-state index is -3.68. The molecule has 0 saturated heterocycles. The van der Waals surface area contributed by atoms with Crippen LogP contribution >= 0.6 is 0 Å². The molecule has 1 rings (SSSR count). The summed E-state index contributed by atoms with van der Waals surface area (Å²) in [6.45, 7) is 3.09. The molecule has 0 aliphatic heterocycles. The van der Waals surface area contributed by atoms with Gasteiger partial charge in [0.2, 0.25) is 10.0 Å². The van der Waals surface area contributed by atoms with Crippen LogP contribution in [0.15, 0.2) is 29.4 Å². The summed E-state index contributed by atoms with van der Waals surface area (Å²) in [5.74, 6) is 0. The molecule has 71 valence electrons. The third-order valence-electron chi connectivity index (χ3n) is 1.24. The van der Waals surface area contributed by atoms with Crippen molar-refractivity contribution < 1.29 is 13.5 Å². The fraction of sp³-hybridized carbons (Fsp3) is 0.143. The quantitative estimate of drug-likeness (QED) is 0.647. The van der Waals surface area contributed by atoms with Crippen LogP contribution in [0.25, 0.3) is 0 Å². The first-order valence-electron chi connectivity index (χ1n) is 3.46. The number of nitrogens with one attached hydrogen (secondary N) is 1. The molecule has 0 aliphatic rings. The maximum atomic E-state index is 11.3. The van der Waals surface area contributed by atoms with Crippen molar-refractivity contribution in [1.29, 1.82) is 0 Å². The van der Waals surface area contributed by atoms with E-state index < -0.39 is 16.3 Å². The second kappa shape index (κ2) is 3.82. The van der Waals surface area contributed by atoms with Crippen molar-refractivity contribution in [3.63, 3.8) is 0 Å². The summed E-state index contributed by atoms with van der Waals surface area (Å²) >= 11 is 0. The highest BCUT2D eigenvalue weighted by atomic mass is 32.2. The molecule has 0 fully saturated rings. The number of aromatic nitrogens is 1. The summed E-state index contributed by atoms with van der Waals surface area (Å²) in [7, 11) is -3.68. The lowest BCUT2D eigenvalue weighted by Crippen LogP contribution is -2.32. The molecule has 0 saturated carbocycles. The van der Waals surface area contributed by atoms with Crippen LogP contribution in [0, 0.1) is 6.92 Å². The van der Waals surface area contributed by atoms with E-state index in [-0.39, 0.29) is 4.90 Å². The van der Waals surface area contributed by atoms with Crippen LogP contribution in [0.3, 0.4) is 0 Å². The summed E-state index contributed by atoms with van der Waals surface area (Å²) < 4.78 is 24.5. The molecule has 0 amide bonds. The van der Waals surface area contributed by atoms with Gasteiger partial charge in [-0.3, -0.25) is 4.98 Å². The Hall–Kier alpha value is -0.980. The Morgan fingerprint density at radius 1 is 1.62 bits per heavy atom. The van der Waals surface area contributed by atoms with Crippen molar-refractivity contribution in [3.05, 3.63) is 31.5 Å². The molecule has 5 nitrogen and oxygen atoms in total. The standard InChI is InChI=1S/C7H9N2O3S/c1-6(10)9-13(11,12)7-3-2-4-8-5-7/h2-6,9-10H,1H2. The van der Waals surface area contributed by atoms with E-state index in [2.05, 4.69) is 11.9 Å². The summed E-state index contributed by atoms with van der Waals surface area (Å²) in [6, 6.07) is 2.86. The molecule has 1 aromatic rings. The highest BCUT2D eigenvalue weighted by Crippen LogP contribution is 2.05. The van der Waals surface area contributed by atoms with Crippen molar-refractivity contribution in [2.24, 2.45) is 0 Å². The van der Waals surface area contributed by atoms with Crippen LogP contribution in [-0.2, 0) is 10.0 Å². The van der Waals surface area contributed by atoms with E-state index in [1.54, 1.807) is 0 Å². The molecule has 13 heavy (non-hydrogen) atoms. The topological polar surface area (TPSA) is 79.3 Å². The number of aliphatic hydroxyl groups is 1. The maximum absolute atomic E-state index is 11.3. The highest BCUT2D eigenvalue weighted by Gasteiger charge is 2.15. The van der Waals surface area contributed by atoms with Gasteiger partial charge in [0, 0.05) is 12.4 Å². The maximum Gasteiger partial charge on any atom is 0.244 e. The van der Waals surface area contributed by atoms with E-state index in [1.807, 2.05) is 4.72 Å². The van der Waals surface area contributed by atoms with E-state index in [9.17, 15) is 8.42 Å². The van der Waals surface area contributed by atoms with Crippen LogP contribution in [0.2, 0.25) is 0 Å². The van der Waals surface area contributed by atoms with Crippen molar-refractivity contribution in [1.82, 2.24) is 9.71 Å². The third-order valence-corrected chi connectivity index (χ3v) is 2.68. The molecule has 0 spiro atoms. The molecule has 0 bridgehead atoms. The number of nitrogens with zero attached hydrogens (tertiary/aromatic N) is 1. The molecule has 2 N–H and O–H groups in total. The average molecular weight is 201 g/mol. The number of pyridine rings is 1. The van der Waals surface area contributed by atoms with Crippen molar-refractivity contribution >= 4 is 10.0 Å². The minimum Gasteiger partial charge on any atom is -0.378 e. The van der Waals surface area contributed by atoms with Crippen LogP contribution in [-0.4, -0.2) is 24.7 Å². The van der Waals surface area contributed by atoms with E-state index in [4.69, 9.17) is 5.11 Å². The molecule has 0 aromatic carbocycles. The predicted octanol–water partition coefficient (Wildman–Crippen LogP) is -0.488. The second-order valence-corrected chi connectivity index (χ2v) is 4.04. The van der Waals surface area contributed by atoms with Gasteiger partial charge in [0.15, 0.2) is 0 Å². The highest BCUT2D eigenvalue weighted by molar-refractivity contribution is 7.89. The molecular formula is C7H9N2O3S. The fourth-order valence-electron chi connectivity index (χ4n) is 0.753. The van der Waals surface area contributed by atoms with Crippen LogP contribution in [0.5, 0.6) is 0 Å². The largest absolute Gasteiger partial charge is 0.378 e. The number of hydrogen-bond donors (Lipinski definition) is 2. The number of rotatable bonds is 3. The Morgan fingerprint density at radius 2 is 2.31 bits per heavy atom. The van der Waals surface area contributed by atoms with Crippen LogP contribution in [0.1, 0.15) is 0 Å². The van der Waals surface area contributed by atoms with Crippen molar-refractivity contribution in [2.75, 3.05) is 0 Å². The van der Waals surface area contributed by atoms with Gasteiger partial charge >= 0.3 is 0 Å². The van der Waals surface area contributed by atoms with Gasteiger partial charge in [-0.25, -0.2) is 8.42 Å². The SMILES string of the molecule is [CH2]C(O)NS(=O)(=O)c1cccnc1. The Kier molecular flexibility index (Phi) is 2.97. The van der Waals surface area contributed by atoms with Crippen LogP contribution in [0.4, 0.5) is 0 Å².